The third-order valence-electron chi connectivity index (χ3n) is 15.4. The first-order valence-electron chi connectivity index (χ1n) is 24.3. The summed E-state index contributed by atoms with van der Waals surface area (Å²) in [4.78, 5) is 6.18. The Balaban J connectivity index is 1.09. The maximum absolute atomic E-state index is 6.95. The monoisotopic (exact) mass is 912 g/mol. The molecule has 0 aliphatic carbocycles. The van der Waals surface area contributed by atoms with Gasteiger partial charge in [-0.05, 0) is 99.3 Å². The molecule has 0 radical (unpaired) electrons. The Morgan fingerprint density at radius 2 is 1.20 bits per heavy atom. The van der Waals surface area contributed by atoms with E-state index in [1.54, 1.807) is 0 Å². The second-order valence-electron chi connectivity index (χ2n) is 19.3. The van der Waals surface area contributed by atoms with Crippen LogP contribution in [0.3, 0.4) is 0 Å². The average molecular weight is 913 g/mol. The largest absolute Gasteiger partial charge is 0.456 e. The van der Waals surface area contributed by atoms with Crippen LogP contribution < -0.4 is 0 Å². The zero-order valence-corrected chi connectivity index (χ0v) is 38.9. The minimum atomic E-state index is 0.0682. The van der Waals surface area contributed by atoms with E-state index in [4.69, 9.17) is 13.8 Å². The number of aliphatic imine (C=N–C) groups is 1. The van der Waals surface area contributed by atoms with Crippen LogP contribution in [0.5, 0.6) is 0 Å². The van der Waals surface area contributed by atoms with Crippen molar-refractivity contribution in [1.82, 2.24) is 4.57 Å². The van der Waals surface area contributed by atoms with Crippen molar-refractivity contribution >= 4 is 136 Å². The predicted molar refractivity (Wildman–Crippen MR) is 295 cm³/mol. The van der Waals surface area contributed by atoms with E-state index in [0.717, 1.165) is 78.5 Å². The molecule has 328 valence electrons. The molecule has 0 spiro atoms. The molecule has 4 nitrogen and oxygen atoms in total. The molecule has 4 aromatic heterocycles. The summed E-state index contributed by atoms with van der Waals surface area (Å²) in [5, 5.41) is 14.3. The number of rotatable bonds is 2. The number of thiophene rings is 1. The number of aromatic nitrogens is 1. The highest BCUT2D eigenvalue weighted by molar-refractivity contribution is 7.25. The van der Waals surface area contributed by atoms with Gasteiger partial charge in [-0.25, -0.2) is 0 Å². The number of furan rings is 2. The Morgan fingerprint density at radius 1 is 0.486 bits per heavy atom. The van der Waals surface area contributed by atoms with Gasteiger partial charge in [0.15, 0.2) is 0 Å². The van der Waals surface area contributed by atoms with Crippen LogP contribution in [0, 0.1) is 5.92 Å². The highest BCUT2D eigenvalue weighted by atomic mass is 32.1. The maximum atomic E-state index is 6.95. The summed E-state index contributed by atoms with van der Waals surface area (Å²) in [6.07, 6.45) is 4.00. The van der Waals surface area contributed by atoms with Gasteiger partial charge in [-0.3, -0.25) is 4.99 Å². The zero-order chi connectivity index (χ0) is 45.8. The van der Waals surface area contributed by atoms with Gasteiger partial charge in [-0.1, -0.05) is 140 Å². The van der Waals surface area contributed by atoms with Gasteiger partial charge < -0.3 is 13.4 Å². The Bertz CT molecular complexity index is 4740. The van der Waals surface area contributed by atoms with Gasteiger partial charge in [0, 0.05) is 87.6 Å². The molecule has 6 heterocycles. The third-order valence-corrected chi connectivity index (χ3v) is 16.5. The van der Waals surface area contributed by atoms with Crippen LogP contribution >= 0.6 is 11.3 Å². The van der Waals surface area contributed by atoms with E-state index in [0.29, 0.717) is 6.42 Å². The van der Waals surface area contributed by atoms with Crippen molar-refractivity contribution < 1.29 is 8.83 Å². The lowest BCUT2D eigenvalue weighted by Gasteiger charge is -2.25. The summed E-state index contributed by atoms with van der Waals surface area (Å²) in [7, 11) is 0. The van der Waals surface area contributed by atoms with Gasteiger partial charge in [0.1, 0.15) is 22.3 Å². The van der Waals surface area contributed by atoms with E-state index < -0.39 is 0 Å². The first kappa shape index (κ1) is 38.5. The minimum Gasteiger partial charge on any atom is -0.456 e. The molecule has 1 unspecified atom stereocenters. The first-order chi connectivity index (χ1) is 34.6. The Hall–Kier alpha value is -8.51. The molecule has 2 bridgehead atoms. The van der Waals surface area contributed by atoms with E-state index in [1.807, 2.05) is 11.3 Å². The van der Waals surface area contributed by atoms with Crippen molar-refractivity contribution in [3.8, 4) is 5.69 Å². The quantitative estimate of drug-likeness (QED) is 0.173. The number of fused-ring (bicyclic) bond motifs is 20. The van der Waals surface area contributed by atoms with Gasteiger partial charge in [0.25, 0.3) is 0 Å². The van der Waals surface area contributed by atoms with Crippen LogP contribution in [0.25, 0.3) is 124 Å². The number of allylic oxidation sites excluding steroid dienone is 3. The maximum Gasteiger partial charge on any atom is 0.137 e. The van der Waals surface area contributed by atoms with Gasteiger partial charge in [0.05, 0.1) is 28.1 Å². The molecule has 16 rings (SSSR count). The summed E-state index contributed by atoms with van der Waals surface area (Å²) in [6, 6.07) is 69.0. The fourth-order valence-electron chi connectivity index (χ4n) is 12.2. The van der Waals surface area contributed by atoms with Gasteiger partial charge in [0.2, 0.25) is 0 Å². The van der Waals surface area contributed by atoms with Crippen molar-refractivity contribution in [2.75, 3.05) is 0 Å². The van der Waals surface area contributed by atoms with E-state index >= 15 is 0 Å². The summed E-state index contributed by atoms with van der Waals surface area (Å²) in [5.74, 6) is 0.0682. The molecular weight excluding hydrogens is 873 g/mol. The Labute approximate surface area is 405 Å². The van der Waals surface area contributed by atoms with Crippen LogP contribution in [-0.4, -0.2) is 10.3 Å². The summed E-state index contributed by atoms with van der Waals surface area (Å²) < 4.78 is 18.7. The number of nitrogens with zero attached hydrogens (tertiary/aromatic N) is 2. The minimum absolute atomic E-state index is 0.0682. The van der Waals surface area contributed by atoms with E-state index in [-0.39, 0.29) is 5.92 Å². The molecule has 70 heavy (non-hydrogen) atoms. The van der Waals surface area contributed by atoms with E-state index in [9.17, 15) is 0 Å². The molecule has 0 N–H and O–H groups in total. The molecule has 0 amide bonds. The molecular formula is C65H40N2O2S. The topological polar surface area (TPSA) is 43.6 Å². The molecule has 2 aliphatic rings. The second kappa shape index (κ2) is 14.3. The van der Waals surface area contributed by atoms with Gasteiger partial charge in [-0.2, -0.15) is 0 Å². The van der Waals surface area contributed by atoms with Crippen molar-refractivity contribution in [3.63, 3.8) is 0 Å². The smallest absolute Gasteiger partial charge is 0.137 e. The Morgan fingerprint density at radius 3 is 2.11 bits per heavy atom. The fraction of sp³-hybridized carbons (Fsp3) is 0.0615. The molecule has 5 heteroatoms. The fourth-order valence-corrected chi connectivity index (χ4v) is 13.4. The van der Waals surface area contributed by atoms with Crippen molar-refractivity contribution in [1.29, 1.82) is 0 Å². The highest BCUT2D eigenvalue weighted by Crippen LogP contribution is 2.49. The summed E-state index contributed by atoms with van der Waals surface area (Å²) >= 11 is 1.86. The van der Waals surface area contributed by atoms with Crippen LogP contribution in [0.4, 0.5) is 0 Å². The van der Waals surface area contributed by atoms with E-state index in [1.165, 1.54) is 85.8 Å². The van der Waals surface area contributed by atoms with Crippen molar-refractivity contribution in [2.24, 2.45) is 10.9 Å². The summed E-state index contributed by atoms with van der Waals surface area (Å²) in [5.41, 5.74) is 16.0. The number of para-hydroxylation sites is 1. The molecule has 0 saturated heterocycles. The zero-order valence-electron chi connectivity index (χ0n) is 38.1. The normalized spacial score (nSPS) is 16.4. The van der Waals surface area contributed by atoms with Gasteiger partial charge >= 0.3 is 0 Å². The molecule has 0 fully saturated rings. The van der Waals surface area contributed by atoms with Crippen LogP contribution in [0.2, 0.25) is 0 Å². The van der Waals surface area contributed by atoms with Gasteiger partial charge in [-0.15, -0.1) is 11.3 Å². The standard InChI is InChI=1S/C65H40N2O2S/c1-36-24-27-42-49-34-51-58(69-57-29-26-38-12-4-5-15-41(38)61(51)57)35-54(49)67-52-31-37(25-28-43(52)48-32-39-13-2-3-14-40(39)33-53(48)67)30-50(42)65(46-18-10-21-56-62(46)44-16-6-8-20-55(44)68-56)66-64(36)47-19-11-23-60-63(47)45-17-7-9-22-59(45)70-60/h2-23,25-29,31-36H,24,30H2,1H3/b42-27?,65-50-,66-64?. The lowest BCUT2D eigenvalue weighted by molar-refractivity contribution is 0.668. The molecule has 1 atom stereocenters. The van der Waals surface area contributed by atoms with Crippen LogP contribution in [0.15, 0.2) is 214 Å². The van der Waals surface area contributed by atoms with E-state index in [2.05, 4.69) is 206 Å². The molecule has 0 saturated carbocycles. The molecule has 14 aromatic rings. The molecule has 10 aromatic carbocycles. The lowest BCUT2D eigenvalue weighted by atomic mass is 9.83. The number of benzene rings is 10. The SMILES string of the molecule is CC1CC=C2/C(=C(/c3cccc4oc5ccccc5c34)N=C1c1cccc3sc4ccccc4c13)Cc1ccc3c4cc5ccccc5cc4n(c3c1)-c1cc3oc4ccc5ccccc5c4c3cc12. The number of hydrogen-bond donors (Lipinski definition) is 0. The van der Waals surface area contributed by atoms with Crippen LogP contribution in [-0.2, 0) is 6.42 Å². The number of hydrogen-bond acceptors (Lipinski definition) is 4. The second-order valence-corrected chi connectivity index (χ2v) is 20.4. The van der Waals surface area contributed by atoms with Crippen molar-refractivity contribution in [3.05, 3.63) is 222 Å². The summed E-state index contributed by atoms with van der Waals surface area (Å²) in [6.45, 7) is 2.37. The Kier molecular flexibility index (Phi) is 7.84. The van der Waals surface area contributed by atoms with Crippen LogP contribution in [0.1, 0.15) is 35.6 Å². The predicted octanol–water partition coefficient (Wildman–Crippen LogP) is 18.1. The lowest BCUT2D eigenvalue weighted by Crippen LogP contribution is -2.16. The third kappa shape index (κ3) is 5.38. The molecule has 2 aliphatic heterocycles. The highest BCUT2D eigenvalue weighted by Gasteiger charge is 2.30. The first-order valence-corrected chi connectivity index (χ1v) is 25.1. The van der Waals surface area contributed by atoms with Crippen molar-refractivity contribution in [2.45, 2.75) is 19.8 Å². The average Bonchev–Trinajstić information content (AvgIpc) is 4.16.